The van der Waals surface area contributed by atoms with Crippen LogP contribution in [0.1, 0.15) is 0 Å². The highest BCUT2D eigenvalue weighted by Gasteiger charge is 2.13. The molecule has 0 aliphatic carbocycles. The predicted octanol–water partition coefficient (Wildman–Crippen LogP) is 2.25. The van der Waals surface area contributed by atoms with Gasteiger partial charge in [0.2, 0.25) is 5.88 Å². The van der Waals surface area contributed by atoms with Crippen molar-refractivity contribution in [2.24, 2.45) is 0 Å². The van der Waals surface area contributed by atoms with E-state index in [9.17, 15) is 0 Å². The van der Waals surface area contributed by atoms with Crippen LogP contribution in [0.2, 0.25) is 10.3 Å². The van der Waals surface area contributed by atoms with Crippen LogP contribution in [0.4, 0.5) is 0 Å². The van der Waals surface area contributed by atoms with Gasteiger partial charge in [-0.15, -0.1) is 10.2 Å². The molecule has 0 radical (unpaired) electrons. The fourth-order valence-corrected chi connectivity index (χ4v) is 1.51. The third kappa shape index (κ3) is 2.05. The first-order valence-electron chi connectivity index (χ1n) is 4.26. The summed E-state index contributed by atoms with van der Waals surface area (Å²) in [7, 11) is 1.50. The van der Waals surface area contributed by atoms with Crippen molar-refractivity contribution in [3.63, 3.8) is 0 Å². The van der Waals surface area contributed by atoms with Crippen LogP contribution in [0.15, 0.2) is 18.5 Å². The van der Waals surface area contributed by atoms with Gasteiger partial charge in [0.15, 0.2) is 10.3 Å². The second-order valence-corrected chi connectivity index (χ2v) is 3.53. The molecule has 0 unspecified atom stereocenters. The van der Waals surface area contributed by atoms with Crippen LogP contribution in [0.5, 0.6) is 5.88 Å². The highest BCUT2D eigenvalue weighted by atomic mass is 35.5. The zero-order chi connectivity index (χ0) is 11.5. The number of hydrogen-bond donors (Lipinski definition) is 0. The molecule has 82 valence electrons. The Morgan fingerprint density at radius 3 is 2.62 bits per heavy atom. The van der Waals surface area contributed by atoms with Crippen molar-refractivity contribution in [1.82, 2.24) is 20.2 Å². The molecule has 0 saturated heterocycles. The van der Waals surface area contributed by atoms with Crippen molar-refractivity contribution in [1.29, 1.82) is 0 Å². The van der Waals surface area contributed by atoms with Crippen molar-refractivity contribution in [2.45, 2.75) is 0 Å². The fourth-order valence-electron chi connectivity index (χ4n) is 1.18. The van der Waals surface area contributed by atoms with Gasteiger partial charge in [0, 0.05) is 18.0 Å². The Hall–Kier alpha value is -1.46. The van der Waals surface area contributed by atoms with E-state index in [4.69, 9.17) is 27.9 Å². The van der Waals surface area contributed by atoms with Gasteiger partial charge in [-0.2, -0.15) is 0 Å². The van der Waals surface area contributed by atoms with Crippen molar-refractivity contribution < 1.29 is 4.74 Å². The molecule has 0 fully saturated rings. The van der Waals surface area contributed by atoms with E-state index in [1.165, 1.54) is 19.5 Å². The Kier molecular flexibility index (Phi) is 3.17. The summed E-state index contributed by atoms with van der Waals surface area (Å²) in [6.07, 6.45) is 3.05. The number of rotatable bonds is 2. The van der Waals surface area contributed by atoms with E-state index in [2.05, 4.69) is 20.2 Å². The van der Waals surface area contributed by atoms with E-state index in [0.29, 0.717) is 17.1 Å². The first kappa shape index (κ1) is 11.0. The van der Waals surface area contributed by atoms with Gasteiger partial charge in [0.25, 0.3) is 0 Å². The van der Waals surface area contributed by atoms with E-state index in [1.807, 2.05) is 0 Å². The number of aromatic nitrogens is 4. The Labute approximate surface area is 101 Å². The van der Waals surface area contributed by atoms with Crippen molar-refractivity contribution in [3.05, 3.63) is 28.8 Å². The molecular formula is C9H6Cl2N4O. The summed E-state index contributed by atoms with van der Waals surface area (Å²) in [5.41, 5.74) is 1.01. The van der Waals surface area contributed by atoms with Crippen molar-refractivity contribution in [3.8, 4) is 17.1 Å². The summed E-state index contributed by atoms with van der Waals surface area (Å²) in [6.45, 7) is 0. The maximum Gasteiger partial charge on any atom is 0.240 e. The number of nitrogens with zero attached hydrogens (tertiary/aromatic N) is 4. The van der Waals surface area contributed by atoms with E-state index in [-0.39, 0.29) is 10.3 Å². The smallest absolute Gasteiger partial charge is 0.240 e. The lowest BCUT2D eigenvalue weighted by atomic mass is 10.2. The number of methoxy groups -OCH3 is 1. The average Bonchev–Trinajstić information content (AvgIpc) is 2.32. The topological polar surface area (TPSA) is 60.8 Å². The van der Waals surface area contributed by atoms with Gasteiger partial charge in [-0.1, -0.05) is 23.2 Å². The molecule has 0 aliphatic rings. The molecule has 2 rings (SSSR count). The molecule has 0 aromatic carbocycles. The molecule has 0 aliphatic heterocycles. The standard InChI is InChI=1S/C9H6Cl2N4O/c1-16-9-7(12-2-3-13-9)5-4-6(10)14-15-8(5)11/h2-4H,1H3. The molecule has 7 heteroatoms. The van der Waals surface area contributed by atoms with Gasteiger partial charge < -0.3 is 4.74 Å². The van der Waals surface area contributed by atoms with Crippen molar-refractivity contribution in [2.75, 3.05) is 7.11 Å². The zero-order valence-electron chi connectivity index (χ0n) is 8.19. The second-order valence-electron chi connectivity index (χ2n) is 2.79. The van der Waals surface area contributed by atoms with Gasteiger partial charge in [-0.25, -0.2) is 9.97 Å². The maximum atomic E-state index is 5.90. The summed E-state index contributed by atoms with van der Waals surface area (Å²) in [6, 6.07) is 1.56. The number of ether oxygens (including phenoxy) is 1. The van der Waals surface area contributed by atoms with Gasteiger partial charge in [0.1, 0.15) is 5.69 Å². The minimum atomic E-state index is 0.197. The number of halogens is 2. The monoisotopic (exact) mass is 256 g/mol. The third-order valence-electron chi connectivity index (χ3n) is 1.83. The third-order valence-corrected chi connectivity index (χ3v) is 2.30. The largest absolute Gasteiger partial charge is 0.479 e. The Bertz CT molecular complexity index is 521. The van der Waals surface area contributed by atoms with Gasteiger partial charge in [0.05, 0.1) is 7.11 Å². The van der Waals surface area contributed by atoms with Gasteiger partial charge in [-0.05, 0) is 6.07 Å². The molecule has 2 aromatic heterocycles. The van der Waals surface area contributed by atoms with Gasteiger partial charge >= 0.3 is 0 Å². The normalized spacial score (nSPS) is 10.2. The van der Waals surface area contributed by atoms with Crippen LogP contribution >= 0.6 is 23.2 Å². The van der Waals surface area contributed by atoms with E-state index in [0.717, 1.165) is 0 Å². The van der Waals surface area contributed by atoms with E-state index >= 15 is 0 Å². The summed E-state index contributed by atoms with van der Waals surface area (Å²) < 4.78 is 5.07. The summed E-state index contributed by atoms with van der Waals surface area (Å²) in [5.74, 6) is 0.355. The molecule has 0 N–H and O–H groups in total. The van der Waals surface area contributed by atoms with Gasteiger partial charge in [-0.3, -0.25) is 0 Å². The lowest BCUT2D eigenvalue weighted by molar-refractivity contribution is 0.397. The summed E-state index contributed by atoms with van der Waals surface area (Å²) in [5, 5.41) is 7.73. The highest BCUT2D eigenvalue weighted by Crippen LogP contribution is 2.30. The lowest BCUT2D eigenvalue weighted by Gasteiger charge is -2.06. The number of hydrogen-bond acceptors (Lipinski definition) is 5. The Balaban J connectivity index is 2.62. The molecule has 2 heterocycles. The molecule has 0 bridgehead atoms. The molecule has 2 aromatic rings. The molecular weight excluding hydrogens is 251 g/mol. The first-order valence-corrected chi connectivity index (χ1v) is 5.02. The Morgan fingerprint density at radius 2 is 1.88 bits per heavy atom. The van der Waals surface area contributed by atoms with Crippen LogP contribution < -0.4 is 4.74 Å². The molecule has 0 spiro atoms. The SMILES string of the molecule is COc1nccnc1-c1cc(Cl)nnc1Cl. The minimum Gasteiger partial charge on any atom is -0.479 e. The lowest BCUT2D eigenvalue weighted by Crippen LogP contribution is -1.96. The highest BCUT2D eigenvalue weighted by molar-refractivity contribution is 6.33. The van der Waals surface area contributed by atoms with Crippen LogP contribution in [0.3, 0.4) is 0 Å². The van der Waals surface area contributed by atoms with Crippen LogP contribution in [0, 0.1) is 0 Å². The fraction of sp³-hybridized carbons (Fsp3) is 0.111. The predicted molar refractivity (Wildman–Crippen MR) is 59.6 cm³/mol. The second kappa shape index (κ2) is 4.59. The molecule has 0 saturated carbocycles. The van der Waals surface area contributed by atoms with Crippen LogP contribution in [-0.4, -0.2) is 27.3 Å². The van der Waals surface area contributed by atoms with Crippen molar-refractivity contribution >= 4 is 23.2 Å². The summed E-state index contributed by atoms with van der Waals surface area (Å²) in [4.78, 5) is 8.13. The Morgan fingerprint density at radius 1 is 1.12 bits per heavy atom. The average molecular weight is 257 g/mol. The summed E-state index contributed by atoms with van der Waals surface area (Å²) >= 11 is 11.6. The zero-order valence-corrected chi connectivity index (χ0v) is 9.70. The van der Waals surface area contributed by atoms with E-state index in [1.54, 1.807) is 6.07 Å². The molecule has 0 atom stereocenters. The van der Waals surface area contributed by atoms with Crippen LogP contribution in [-0.2, 0) is 0 Å². The quantitative estimate of drug-likeness (QED) is 0.825. The molecule has 0 amide bonds. The molecule has 16 heavy (non-hydrogen) atoms. The van der Waals surface area contributed by atoms with E-state index < -0.39 is 0 Å². The molecule has 5 nitrogen and oxygen atoms in total. The van der Waals surface area contributed by atoms with Crippen LogP contribution in [0.25, 0.3) is 11.3 Å². The first-order chi connectivity index (χ1) is 7.72. The maximum absolute atomic E-state index is 5.90. The minimum absolute atomic E-state index is 0.197.